The number of hydrogen-bond acceptors (Lipinski definition) is 5. The van der Waals surface area contributed by atoms with Gasteiger partial charge in [0.05, 0.1) is 0 Å². The van der Waals surface area contributed by atoms with Crippen LogP contribution in [-0.4, -0.2) is 29.6 Å². The van der Waals surface area contributed by atoms with Crippen LogP contribution in [0.2, 0.25) is 0 Å². The van der Waals surface area contributed by atoms with Gasteiger partial charge in [0.1, 0.15) is 11.7 Å². The number of aromatic amines is 1. The zero-order chi connectivity index (χ0) is 17.7. The molecule has 132 valence electrons. The first-order valence-electron chi connectivity index (χ1n) is 8.42. The van der Waals surface area contributed by atoms with Gasteiger partial charge in [-0.25, -0.2) is 9.59 Å². The number of carbonyl (C=O) groups is 2. The lowest BCUT2D eigenvalue weighted by atomic mass is 9.75. The number of nitrogens with one attached hydrogen (secondary N) is 1. The van der Waals surface area contributed by atoms with E-state index in [-0.39, 0.29) is 11.7 Å². The van der Waals surface area contributed by atoms with Gasteiger partial charge in [-0.1, -0.05) is 27.2 Å². The predicted molar refractivity (Wildman–Crippen MR) is 88.6 cm³/mol. The zero-order valence-electron chi connectivity index (χ0n) is 14.4. The van der Waals surface area contributed by atoms with E-state index in [0.717, 1.165) is 19.3 Å². The highest BCUT2D eigenvalue weighted by atomic mass is 16.6. The van der Waals surface area contributed by atoms with Crippen LogP contribution in [0.1, 0.15) is 50.4 Å². The van der Waals surface area contributed by atoms with Crippen LogP contribution in [0.25, 0.3) is 0 Å². The summed E-state index contributed by atoms with van der Waals surface area (Å²) < 4.78 is 10.5. The van der Waals surface area contributed by atoms with E-state index in [0.29, 0.717) is 17.8 Å². The molecule has 1 fully saturated rings. The molecule has 0 saturated heterocycles. The van der Waals surface area contributed by atoms with Crippen LogP contribution in [-0.2, 0) is 14.3 Å². The van der Waals surface area contributed by atoms with Crippen LogP contribution in [0.15, 0.2) is 23.1 Å². The zero-order valence-corrected chi connectivity index (χ0v) is 14.4. The van der Waals surface area contributed by atoms with E-state index >= 15 is 0 Å². The molecule has 6 nitrogen and oxygen atoms in total. The molecule has 1 heterocycles. The highest BCUT2D eigenvalue weighted by molar-refractivity contribution is 5.90. The number of H-pyrrole nitrogens is 1. The minimum absolute atomic E-state index is 0.128. The highest BCUT2D eigenvalue weighted by Gasteiger charge is 2.33. The summed E-state index contributed by atoms with van der Waals surface area (Å²) >= 11 is 0. The summed E-state index contributed by atoms with van der Waals surface area (Å²) in [4.78, 5) is 37.7. The van der Waals surface area contributed by atoms with Crippen molar-refractivity contribution in [2.75, 3.05) is 6.61 Å². The van der Waals surface area contributed by atoms with Crippen molar-refractivity contribution in [3.63, 3.8) is 0 Å². The van der Waals surface area contributed by atoms with Crippen molar-refractivity contribution >= 4 is 11.9 Å². The fraction of sp³-hybridized carbons (Fsp3) is 0.611. The van der Waals surface area contributed by atoms with E-state index in [1.165, 1.54) is 18.3 Å². The summed E-state index contributed by atoms with van der Waals surface area (Å²) in [6.45, 7) is 5.92. The Hall–Kier alpha value is -2.11. The molecule has 1 aliphatic carbocycles. The topological polar surface area (TPSA) is 85.5 Å². The van der Waals surface area contributed by atoms with Gasteiger partial charge >= 0.3 is 11.9 Å². The minimum Gasteiger partial charge on any atom is -0.460 e. The van der Waals surface area contributed by atoms with Crippen molar-refractivity contribution in [2.24, 2.45) is 17.8 Å². The van der Waals surface area contributed by atoms with Gasteiger partial charge in [-0.3, -0.25) is 4.79 Å². The largest absolute Gasteiger partial charge is 0.460 e. The van der Waals surface area contributed by atoms with Gasteiger partial charge in [0.2, 0.25) is 0 Å². The molecular weight excluding hydrogens is 310 g/mol. The van der Waals surface area contributed by atoms with Crippen LogP contribution < -0.4 is 5.56 Å². The van der Waals surface area contributed by atoms with E-state index in [1.807, 2.05) is 0 Å². The number of esters is 2. The average molecular weight is 335 g/mol. The third-order valence-electron chi connectivity index (χ3n) is 4.60. The molecule has 0 amide bonds. The van der Waals surface area contributed by atoms with Crippen molar-refractivity contribution < 1.29 is 19.1 Å². The summed E-state index contributed by atoms with van der Waals surface area (Å²) in [6, 6.07) is 2.87. The van der Waals surface area contributed by atoms with Crippen LogP contribution in [0.3, 0.4) is 0 Å². The normalized spacial score (nSPS) is 23.8. The lowest BCUT2D eigenvalue weighted by Crippen LogP contribution is -2.37. The van der Waals surface area contributed by atoms with Crippen molar-refractivity contribution in [3.05, 3.63) is 34.2 Å². The molecule has 1 aromatic rings. The van der Waals surface area contributed by atoms with Gasteiger partial charge in [0.15, 0.2) is 6.61 Å². The van der Waals surface area contributed by atoms with Gasteiger partial charge in [0.25, 0.3) is 5.56 Å². The summed E-state index contributed by atoms with van der Waals surface area (Å²) in [5.41, 5.74) is -0.673. The van der Waals surface area contributed by atoms with Crippen molar-refractivity contribution in [1.29, 1.82) is 0 Å². The van der Waals surface area contributed by atoms with E-state index in [1.54, 1.807) is 0 Å². The van der Waals surface area contributed by atoms with E-state index in [4.69, 9.17) is 9.47 Å². The number of rotatable bonds is 5. The molecule has 1 saturated carbocycles. The SMILES string of the molecule is CC1CCC(C(C)C)C(OC(=O)COC(=O)c2ccc[nH]c2=O)C1. The Morgan fingerprint density at radius 3 is 2.75 bits per heavy atom. The minimum atomic E-state index is -0.828. The Labute approximate surface area is 141 Å². The van der Waals surface area contributed by atoms with Gasteiger partial charge < -0.3 is 14.5 Å². The number of aromatic nitrogens is 1. The fourth-order valence-electron chi connectivity index (χ4n) is 3.24. The number of ether oxygens (including phenoxy) is 2. The molecule has 0 spiro atoms. The molecule has 0 aromatic carbocycles. The summed E-state index contributed by atoms with van der Waals surface area (Å²) in [5.74, 6) is -0.117. The Morgan fingerprint density at radius 2 is 2.08 bits per heavy atom. The quantitative estimate of drug-likeness (QED) is 0.836. The molecule has 3 atom stereocenters. The summed E-state index contributed by atoms with van der Waals surface area (Å²) in [5, 5.41) is 0. The Balaban J connectivity index is 1.89. The van der Waals surface area contributed by atoms with Crippen LogP contribution in [0.5, 0.6) is 0 Å². The van der Waals surface area contributed by atoms with Crippen LogP contribution >= 0.6 is 0 Å². The first-order chi connectivity index (χ1) is 11.4. The monoisotopic (exact) mass is 335 g/mol. The third-order valence-corrected chi connectivity index (χ3v) is 4.60. The smallest absolute Gasteiger partial charge is 0.344 e. The standard InChI is InChI=1S/C18H25NO5/c1-11(2)13-7-6-12(3)9-15(13)24-16(20)10-23-18(22)14-5-4-8-19-17(14)21/h4-5,8,11-13,15H,6-7,9-10H2,1-3H3,(H,19,21). The second-order valence-electron chi connectivity index (χ2n) is 6.84. The highest BCUT2D eigenvalue weighted by Crippen LogP contribution is 2.35. The molecule has 1 aliphatic rings. The maximum Gasteiger partial charge on any atom is 0.344 e. The van der Waals surface area contributed by atoms with E-state index < -0.39 is 24.1 Å². The van der Waals surface area contributed by atoms with Gasteiger partial charge in [-0.15, -0.1) is 0 Å². The molecule has 2 rings (SSSR count). The molecule has 0 radical (unpaired) electrons. The maximum absolute atomic E-state index is 12.0. The molecule has 1 N–H and O–H groups in total. The Morgan fingerprint density at radius 1 is 1.33 bits per heavy atom. The van der Waals surface area contributed by atoms with Gasteiger partial charge in [0, 0.05) is 6.20 Å². The average Bonchev–Trinajstić information content (AvgIpc) is 2.53. The van der Waals surface area contributed by atoms with E-state index in [9.17, 15) is 14.4 Å². The first kappa shape index (κ1) is 18.2. The Bertz CT molecular complexity index is 636. The molecule has 24 heavy (non-hydrogen) atoms. The molecular formula is C18H25NO5. The molecule has 3 unspecified atom stereocenters. The maximum atomic E-state index is 12.0. The lowest BCUT2D eigenvalue weighted by Gasteiger charge is -2.36. The number of carbonyl (C=O) groups excluding carboxylic acids is 2. The Kier molecular flexibility index (Phi) is 6.17. The van der Waals surface area contributed by atoms with Crippen molar-refractivity contribution in [2.45, 2.75) is 46.1 Å². The van der Waals surface area contributed by atoms with E-state index in [2.05, 4.69) is 25.8 Å². The second-order valence-corrected chi connectivity index (χ2v) is 6.84. The van der Waals surface area contributed by atoms with Crippen LogP contribution in [0.4, 0.5) is 0 Å². The second kappa shape index (κ2) is 8.13. The third kappa shape index (κ3) is 4.69. The summed E-state index contributed by atoms with van der Waals surface area (Å²) in [6.07, 6.45) is 4.29. The van der Waals surface area contributed by atoms with Gasteiger partial charge in [-0.2, -0.15) is 0 Å². The summed E-state index contributed by atoms with van der Waals surface area (Å²) in [7, 11) is 0. The lowest BCUT2D eigenvalue weighted by molar-refractivity contribution is -0.159. The van der Waals surface area contributed by atoms with Crippen molar-refractivity contribution in [1.82, 2.24) is 4.98 Å². The van der Waals surface area contributed by atoms with Gasteiger partial charge in [-0.05, 0) is 42.7 Å². The molecule has 1 aromatic heterocycles. The van der Waals surface area contributed by atoms with Crippen LogP contribution in [0, 0.1) is 17.8 Å². The number of pyridine rings is 1. The predicted octanol–water partition coefficient (Wildman–Crippen LogP) is 2.54. The molecule has 6 heteroatoms. The molecule has 0 bridgehead atoms. The number of hydrogen-bond donors (Lipinski definition) is 1. The molecule has 0 aliphatic heterocycles. The fourth-order valence-corrected chi connectivity index (χ4v) is 3.24. The first-order valence-corrected chi connectivity index (χ1v) is 8.42. The van der Waals surface area contributed by atoms with Crippen molar-refractivity contribution in [3.8, 4) is 0 Å².